The molecule has 3 nitrogen and oxygen atoms in total. The lowest BCUT2D eigenvalue weighted by Crippen LogP contribution is -2.13. The summed E-state index contributed by atoms with van der Waals surface area (Å²) in [5.41, 5.74) is 8.06. The molecule has 16 heavy (non-hydrogen) atoms. The summed E-state index contributed by atoms with van der Waals surface area (Å²) in [5.74, 6) is 0.754. The number of hydrogen-bond acceptors (Lipinski definition) is 2. The Morgan fingerprint density at radius 3 is 2.69 bits per heavy atom. The Balaban J connectivity index is 2.59. The summed E-state index contributed by atoms with van der Waals surface area (Å²) in [6, 6.07) is 0. The molecule has 0 bridgehead atoms. The summed E-state index contributed by atoms with van der Waals surface area (Å²) in [6.07, 6.45) is 7.05. The number of nitrogens with two attached hydrogens (primary N) is 1. The zero-order valence-corrected chi connectivity index (χ0v) is 10.9. The molecule has 1 unspecified atom stereocenters. The first kappa shape index (κ1) is 13.2. The normalized spacial score (nSPS) is 13.0. The number of rotatable bonds is 7. The summed E-state index contributed by atoms with van der Waals surface area (Å²) in [5, 5.41) is 4.42. The van der Waals surface area contributed by atoms with Crippen LogP contribution in [0.25, 0.3) is 0 Å². The molecule has 0 spiro atoms. The van der Waals surface area contributed by atoms with E-state index in [2.05, 4.69) is 30.6 Å². The first-order valence-corrected chi connectivity index (χ1v) is 6.44. The Morgan fingerprint density at radius 1 is 1.44 bits per heavy atom. The molecule has 0 amide bonds. The highest BCUT2D eigenvalue weighted by atomic mass is 15.3. The van der Waals surface area contributed by atoms with Gasteiger partial charge in [0.25, 0.3) is 0 Å². The van der Waals surface area contributed by atoms with E-state index in [4.69, 9.17) is 5.73 Å². The van der Waals surface area contributed by atoms with E-state index in [0.29, 0.717) is 6.54 Å². The average Bonchev–Trinajstić information content (AvgIpc) is 2.65. The highest BCUT2D eigenvalue weighted by molar-refractivity contribution is 5.15. The van der Waals surface area contributed by atoms with Crippen molar-refractivity contribution < 1.29 is 0 Å². The first-order valence-electron chi connectivity index (χ1n) is 6.44. The van der Waals surface area contributed by atoms with Crippen LogP contribution in [0.1, 0.15) is 50.8 Å². The van der Waals surface area contributed by atoms with Crippen LogP contribution >= 0.6 is 0 Å². The first-order chi connectivity index (χ1) is 7.72. The molecule has 1 rings (SSSR count). The molecule has 0 aliphatic carbocycles. The van der Waals surface area contributed by atoms with E-state index in [1.807, 2.05) is 6.20 Å². The maximum Gasteiger partial charge on any atom is 0.0537 e. The fourth-order valence-electron chi connectivity index (χ4n) is 2.03. The third-order valence-corrected chi connectivity index (χ3v) is 3.40. The molecule has 1 aromatic rings. The van der Waals surface area contributed by atoms with Crippen molar-refractivity contribution in [3.63, 3.8) is 0 Å². The highest BCUT2D eigenvalue weighted by Crippen LogP contribution is 2.16. The van der Waals surface area contributed by atoms with Gasteiger partial charge in [-0.25, -0.2) is 0 Å². The van der Waals surface area contributed by atoms with Gasteiger partial charge in [-0.3, -0.25) is 4.68 Å². The summed E-state index contributed by atoms with van der Waals surface area (Å²) < 4.78 is 2.12. The van der Waals surface area contributed by atoms with E-state index in [0.717, 1.165) is 12.5 Å². The minimum Gasteiger partial charge on any atom is -0.326 e. The van der Waals surface area contributed by atoms with Gasteiger partial charge in [-0.05, 0) is 19.3 Å². The highest BCUT2D eigenvalue weighted by Gasteiger charge is 2.10. The second kappa shape index (κ2) is 6.69. The zero-order chi connectivity index (χ0) is 12.0. The van der Waals surface area contributed by atoms with Crippen LogP contribution in [0.4, 0.5) is 0 Å². The number of unbranched alkanes of at least 4 members (excludes halogenated alkanes) is 1. The lowest BCUT2D eigenvalue weighted by molar-refractivity contribution is 0.368. The molecule has 0 aliphatic heterocycles. The van der Waals surface area contributed by atoms with Gasteiger partial charge in [-0.1, -0.05) is 33.1 Å². The van der Waals surface area contributed by atoms with E-state index >= 15 is 0 Å². The molecule has 0 aliphatic rings. The molecular formula is C13H25N3. The predicted molar refractivity (Wildman–Crippen MR) is 68.2 cm³/mol. The Kier molecular flexibility index (Phi) is 5.53. The number of nitrogens with zero attached hydrogens (tertiary/aromatic N) is 2. The molecule has 1 aromatic heterocycles. The van der Waals surface area contributed by atoms with Crippen molar-refractivity contribution in [1.29, 1.82) is 0 Å². The van der Waals surface area contributed by atoms with Crippen LogP contribution < -0.4 is 5.73 Å². The van der Waals surface area contributed by atoms with Gasteiger partial charge in [0.05, 0.1) is 6.20 Å². The van der Waals surface area contributed by atoms with Crippen LogP contribution in [0, 0.1) is 12.8 Å². The topological polar surface area (TPSA) is 43.8 Å². The van der Waals surface area contributed by atoms with Gasteiger partial charge in [0.15, 0.2) is 0 Å². The van der Waals surface area contributed by atoms with Gasteiger partial charge in [-0.15, -0.1) is 0 Å². The van der Waals surface area contributed by atoms with Gasteiger partial charge >= 0.3 is 0 Å². The molecule has 0 radical (unpaired) electrons. The summed E-state index contributed by atoms with van der Waals surface area (Å²) in [7, 11) is 0. The SMILES string of the molecule is CCCCC(CC)Cn1ncc(CN)c1C. The Morgan fingerprint density at radius 2 is 2.19 bits per heavy atom. The fraction of sp³-hybridized carbons (Fsp3) is 0.769. The summed E-state index contributed by atoms with van der Waals surface area (Å²) in [6.45, 7) is 8.27. The molecule has 1 heterocycles. The number of aromatic nitrogens is 2. The predicted octanol–water partition coefficient (Wildman–Crippen LogP) is 2.87. The standard InChI is InChI=1S/C13H25N3/c1-4-6-7-12(5-2)10-16-11(3)13(8-14)9-15-16/h9,12H,4-8,10,14H2,1-3H3. The van der Waals surface area contributed by atoms with Crippen LogP contribution in [0.3, 0.4) is 0 Å². The second-order valence-electron chi connectivity index (χ2n) is 4.56. The maximum atomic E-state index is 5.65. The Hall–Kier alpha value is -0.830. The van der Waals surface area contributed by atoms with Gasteiger partial charge in [-0.2, -0.15) is 5.10 Å². The molecule has 0 fully saturated rings. The van der Waals surface area contributed by atoms with Crippen LogP contribution in [0.5, 0.6) is 0 Å². The van der Waals surface area contributed by atoms with Gasteiger partial charge < -0.3 is 5.73 Å². The van der Waals surface area contributed by atoms with E-state index in [9.17, 15) is 0 Å². The van der Waals surface area contributed by atoms with E-state index in [1.165, 1.54) is 36.9 Å². The van der Waals surface area contributed by atoms with Crippen molar-refractivity contribution in [2.24, 2.45) is 11.7 Å². The van der Waals surface area contributed by atoms with Crippen molar-refractivity contribution in [3.05, 3.63) is 17.5 Å². The monoisotopic (exact) mass is 223 g/mol. The van der Waals surface area contributed by atoms with Crippen LogP contribution in [-0.4, -0.2) is 9.78 Å². The minimum absolute atomic E-state index is 0.595. The van der Waals surface area contributed by atoms with E-state index < -0.39 is 0 Å². The quantitative estimate of drug-likeness (QED) is 0.772. The third kappa shape index (κ3) is 3.34. The van der Waals surface area contributed by atoms with Crippen LogP contribution in [0.2, 0.25) is 0 Å². The molecule has 1 atom stereocenters. The lowest BCUT2D eigenvalue weighted by Gasteiger charge is -2.15. The summed E-state index contributed by atoms with van der Waals surface area (Å²) >= 11 is 0. The smallest absolute Gasteiger partial charge is 0.0537 e. The molecular weight excluding hydrogens is 198 g/mol. The molecule has 0 saturated heterocycles. The maximum absolute atomic E-state index is 5.65. The van der Waals surface area contributed by atoms with Gasteiger partial charge in [0, 0.05) is 24.3 Å². The van der Waals surface area contributed by atoms with Crippen molar-refractivity contribution in [3.8, 4) is 0 Å². The van der Waals surface area contributed by atoms with E-state index in [-0.39, 0.29) is 0 Å². The average molecular weight is 223 g/mol. The molecule has 0 saturated carbocycles. The Labute approximate surface area is 99.0 Å². The number of hydrogen-bond donors (Lipinski definition) is 1. The van der Waals surface area contributed by atoms with Crippen molar-refractivity contribution in [2.75, 3.05) is 0 Å². The minimum atomic E-state index is 0.595. The Bertz CT molecular complexity index is 304. The van der Waals surface area contributed by atoms with Crippen molar-refractivity contribution >= 4 is 0 Å². The fourth-order valence-corrected chi connectivity index (χ4v) is 2.03. The molecule has 3 heteroatoms. The van der Waals surface area contributed by atoms with Crippen LogP contribution in [-0.2, 0) is 13.1 Å². The molecule has 0 aromatic carbocycles. The van der Waals surface area contributed by atoms with Gasteiger partial charge in [0.2, 0.25) is 0 Å². The van der Waals surface area contributed by atoms with E-state index in [1.54, 1.807) is 0 Å². The van der Waals surface area contributed by atoms with Gasteiger partial charge in [0.1, 0.15) is 0 Å². The summed E-state index contributed by atoms with van der Waals surface area (Å²) in [4.78, 5) is 0. The zero-order valence-electron chi connectivity index (χ0n) is 10.9. The van der Waals surface area contributed by atoms with Crippen molar-refractivity contribution in [2.45, 2.75) is 59.5 Å². The largest absolute Gasteiger partial charge is 0.326 e. The second-order valence-corrected chi connectivity index (χ2v) is 4.56. The molecule has 92 valence electrons. The van der Waals surface area contributed by atoms with Crippen molar-refractivity contribution in [1.82, 2.24) is 9.78 Å². The lowest BCUT2D eigenvalue weighted by atomic mass is 9.99. The third-order valence-electron chi connectivity index (χ3n) is 3.40. The van der Waals surface area contributed by atoms with Crippen LogP contribution in [0.15, 0.2) is 6.20 Å². The molecule has 2 N–H and O–H groups in total.